The molecule has 0 atom stereocenters. The van der Waals surface area contributed by atoms with Crippen molar-refractivity contribution in [3.05, 3.63) is 42.5 Å². The van der Waals surface area contributed by atoms with Gasteiger partial charge in [0.2, 0.25) is 0 Å². The van der Waals surface area contributed by atoms with Crippen LogP contribution in [0.2, 0.25) is 0 Å². The zero-order valence-electron chi connectivity index (χ0n) is 13.8. The molecule has 2 heterocycles. The van der Waals surface area contributed by atoms with Crippen LogP contribution < -0.4 is 10.1 Å². The fourth-order valence-electron chi connectivity index (χ4n) is 3.36. The van der Waals surface area contributed by atoms with E-state index in [2.05, 4.69) is 24.8 Å². The molecule has 1 saturated carbocycles. The molecule has 0 radical (unpaired) electrons. The molecule has 0 unspecified atom stereocenters. The van der Waals surface area contributed by atoms with Gasteiger partial charge in [-0.2, -0.15) is 0 Å². The Balaban J connectivity index is 1.55. The van der Waals surface area contributed by atoms with Crippen molar-refractivity contribution in [1.29, 1.82) is 0 Å². The molecule has 1 aromatic carbocycles. The van der Waals surface area contributed by atoms with E-state index in [1.807, 2.05) is 30.6 Å². The van der Waals surface area contributed by atoms with Gasteiger partial charge in [-0.05, 0) is 30.5 Å². The summed E-state index contributed by atoms with van der Waals surface area (Å²) in [6.07, 6.45) is 8.53. The molecule has 2 aromatic heterocycles. The molecular formula is C18H21N5O. The molecule has 0 amide bonds. The summed E-state index contributed by atoms with van der Waals surface area (Å²) in [5.74, 6) is 1.64. The van der Waals surface area contributed by atoms with Crippen LogP contribution >= 0.6 is 0 Å². The van der Waals surface area contributed by atoms with Crippen molar-refractivity contribution in [2.75, 3.05) is 12.4 Å². The zero-order chi connectivity index (χ0) is 16.4. The van der Waals surface area contributed by atoms with Crippen LogP contribution in [-0.4, -0.2) is 26.6 Å². The Bertz CT molecular complexity index is 821. The van der Waals surface area contributed by atoms with Crippen LogP contribution in [0.5, 0.6) is 5.75 Å². The van der Waals surface area contributed by atoms with Crippen molar-refractivity contribution in [3.8, 4) is 5.75 Å². The lowest BCUT2D eigenvalue weighted by atomic mass is 10.2. The van der Waals surface area contributed by atoms with E-state index in [9.17, 15) is 0 Å². The molecule has 1 aliphatic carbocycles. The molecule has 24 heavy (non-hydrogen) atoms. The lowest BCUT2D eigenvalue weighted by Gasteiger charge is -2.11. The van der Waals surface area contributed by atoms with Gasteiger partial charge in [-0.25, -0.2) is 15.0 Å². The first-order chi connectivity index (χ1) is 11.8. The van der Waals surface area contributed by atoms with Gasteiger partial charge in [-0.3, -0.25) is 0 Å². The minimum Gasteiger partial charge on any atom is -0.497 e. The maximum atomic E-state index is 5.19. The minimum absolute atomic E-state index is 0.527. The number of ether oxygens (including phenoxy) is 1. The van der Waals surface area contributed by atoms with Crippen LogP contribution in [0.1, 0.15) is 37.3 Å². The van der Waals surface area contributed by atoms with Crippen LogP contribution in [0.25, 0.3) is 11.2 Å². The molecular weight excluding hydrogens is 302 g/mol. The second-order valence-electron chi connectivity index (χ2n) is 6.19. The molecule has 3 aromatic rings. The third-order valence-electron chi connectivity index (χ3n) is 4.70. The molecule has 0 bridgehead atoms. The summed E-state index contributed by atoms with van der Waals surface area (Å²) in [5.41, 5.74) is 2.94. The smallest absolute Gasteiger partial charge is 0.165 e. The van der Waals surface area contributed by atoms with Crippen molar-refractivity contribution in [2.24, 2.45) is 0 Å². The molecule has 0 saturated heterocycles. The molecule has 4 rings (SSSR count). The van der Waals surface area contributed by atoms with Gasteiger partial charge < -0.3 is 14.6 Å². The average molecular weight is 323 g/mol. The van der Waals surface area contributed by atoms with Gasteiger partial charge in [0.1, 0.15) is 17.6 Å². The average Bonchev–Trinajstić information content (AvgIpc) is 3.29. The van der Waals surface area contributed by atoms with Gasteiger partial charge in [0.05, 0.1) is 13.4 Å². The maximum Gasteiger partial charge on any atom is 0.165 e. The minimum atomic E-state index is 0.527. The largest absolute Gasteiger partial charge is 0.497 e. The Morgan fingerprint density at radius 1 is 1.12 bits per heavy atom. The molecule has 0 aliphatic heterocycles. The van der Waals surface area contributed by atoms with Crippen molar-refractivity contribution < 1.29 is 4.74 Å². The summed E-state index contributed by atoms with van der Waals surface area (Å²) in [6, 6.07) is 8.53. The first-order valence-corrected chi connectivity index (χ1v) is 8.39. The highest BCUT2D eigenvalue weighted by Crippen LogP contribution is 2.32. The van der Waals surface area contributed by atoms with Crippen molar-refractivity contribution >= 4 is 17.0 Å². The third-order valence-corrected chi connectivity index (χ3v) is 4.70. The molecule has 124 valence electrons. The van der Waals surface area contributed by atoms with Crippen molar-refractivity contribution in [1.82, 2.24) is 19.5 Å². The second kappa shape index (κ2) is 6.47. The number of benzene rings is 1. The van der Waals surface area contributed by atoms with Crippen LogP contribution in [0, 0.1) is 0 Å². The topological polar surface area (TPSA) is 64.9 Å². The summed E-state index contributed by atoms with van der Waals surface area (Å²) < 4.78 is 7.40. The van der Waals surface area contributed by atoms with Gasteiger partial charge in [0.25, 0.3) is 0 Å². The number of nitrogens with zero attached hydrogens (tertiary/aromatic N) is 4. The second-order valence-corrected chi connectivity index (χ2v) is 6.19. The van der Waals surface area contributed by atoms with E-state index in [0.717, 1.165) is 28.3 Å². The van der Waals surface area contributed by atoms with Crippen LogP contribution in [-0.2, 0) is 6.54 Å². The van der Waals surface area contributed by atoms with Crippen LogP contribution in [0.15, 0.2) is 36.9 Å². The monoisotopic (exact) mass is 323 g/mol. The number of fused-ring (bicyclic) bond motifs is 1. The van der Waals surface area contributed by atoms with E-state index in [0.29, 0.717) is 12.6 Å². The standard InChI is InChI=1S/C18H21N5O/c1-24-15-8-6-13(7-9-15)10-19-17-16-18(21-11-20-17)23(12-22-16)14-4-2-3-5-14/h6-9,11-12,14H,2-5,10H2,1H3,(H,19,20,21). The number of hydrogen-bond donors (Lipinski definition) is 1. The summed E-state index contributed by atoms with van der Waals surface area (Å²) >= 11 is 0. The molecule has 1 N–H and O–H groups in total. The van der Waals surface area contributed by atoms with Crippen LogP contribution in [0.3, 0.4) is 0 Å². The Kier molecular flexibility index (Phi) is 4.02. The van der Waals surface area contributed by atoms with Gasteiger partial charge in [-0.1, -0.05) is 25.0 Å². The highest BCUT2D eigenvalue weighted by Gasteiger charge is 2.20. The van der Waals surface area contributed by atoms with E-state index in [-0.39, 0.29) is 0 Å². The number of aromatic nitrogens is 4. The molecule has 1 fully saturated rings. The highest BCUT2D eigenvalue weighted by atomic mass is 16.5. The maximum absolute atomic E-state index is 5.19. The number of nitrogens with one attached hydrogen (secondary N) is 1. The Morgan fingerprint density at radius 2 is 1.92 bits per heavy atom. The van der Waals surface area contributed by atoms with Crippen LogP contribution in [0.4, 0.5) is 5.82 Å². The van der Waals surface area contributed by atoms with E-state index in [1.165, 1.54) is 25.7 Å². The van der Waals surface area contributed by atoms with Crippen molar-refractivity contribution in [3.63, 3.8) is 0 Å². The summed E-state index contributed by atoms with van der Waals surface area (Å²) in [6.45, 7) is 0.687. The molecule has 0 spiro atoms. The van der Waals surface area contributed by atoms with Gasteiger partial charge >= 0.3 is 0 Å². The SMILES string of the molecule is COc1ccc(CNc2ncnc3c2ncn3C2CCCC2)cc1. The van der Waals surface area contributed by atoms with E-state index in [4.69, 9.17) is 4.74 Å². The molecule has 6 heteroatoms. The first-order valence-electron chi connectivity index (χ1n) is 8.39. The Hall–Kier alpha value is -2.63. The third kappa shape index (κ3) is 2.79. The number of methoxy groups -OCH3 is 1. The molecule has 1 aliphatic rings. The van der Waals surface area contributed by atoms with Crippen molar-refractivity contribution in [2.45, 2.75) is 38.3 Å². The predicted octanol–water partition coefficient (Wildman–Crippen LogP) is 3.56. The lowest BCUT2D eigenvalue weighted by Crippen LogP contribution is -2.06. The number of anilines is 1. The lowest BCUT2D eigenvalue weighted by molar-refractivity contribution is 0.414. The highest BCUT2D eigenvalue weighted by molar-refractivity contribution is 5.82. The Morgan fingerprint density at radius 3 is 2.67 bits per heavy atom. The summed E-state index contributed by atoms with van der Waals surface area (Å²) in [7, 11) is 1.67. The summed E-state index contributed by atoms with van der Waals surface area (Å²) in [4.78, 5) is 13.4. The Labute approximate surface area is 140 Å². The van der Waals surface area contributed by atoms with Gasteiger partial charge in [0.15, 0.2) is 11.5 Å². The number of imidazole rings is 1. The normalized spacial score (nSPS) is 15.0. The fourth-order valence-corrected chi connectivity index (χ4v) is 3.36. The first kappa shape index (κ1) is 14.9. The predicted molar refractivity (Wildman–Crippen MR) is 93.1 cm³/mol. The van der Waals surface area contributed by atoms with E-state index in [1.54, 1.807) is 13.4 Å². The van der Waals surface area contributed by atoms with Gasteiger partial charge in [-0.15, -0.1) is 0 Å². The van der Waals surface area contributed by atoms with E-state index >= 15 is 0 Å². The summed E-state index contributed by atoms with van der Waals surface area (Å²) in [5, 5.41) is 3.38. The van der Waals surface area contributed by atoms with E-state index < -0.39 is 0 Å². The zero-order valence-corrected chi connectivity index (χ0v) is 13.8. The quantitative estimate of drug-likeness (QED) is 0.777. The molecule has 6 nitrogen and oxygen atoms in total. The number of rotatable bonds is 5. The number of hydrogen-bond acceptors (Lipinski definition) is 5. The fraction of sp³-hybridized carbons (Fsp3) is 0.389. The van der Waals surface area contributed by atoms with Gasteiger partial charge in [0, 0.05) is 12.6 Å².